The third-order valence-corrected chi connectivity index (χ3v) is 5.43. The van der Waals surface area contributed by atoms with Crippen LogP contribution in [0.25, 0.3) is 16.7 Å². The van der Waals surface area contributed by atoms with E-state index >= 15 is 0 Å². The largest absolute Gasteiger partial charge is 0.467 e. The van der Waals surface area contributed by atoms with Crippen LogP contribution in [0.4, 0.5) is 18.9 Å². The first-order chi connectivity index (χ1) is 16.0. The number of ether oxygens (including phenoxy) is 1. The second-order valence-corrected chi connectivity index (χ2v) is 8.27. The molecule has 0 atom stereocenters. The fourth-order valence-electron chi connectivity index (χ4n) is 3.48. The first kappa shape index (κ1) is 23.6. The number of anilines is 1. The lowest BCUT2D eigenvalue weighted by Crippen LogP contribution is -2.21. The highest BCUT2D eigenvalue weighted by atomic mass is 35.5. The predicted molar refractivity (Wildman–Crippen MR) is 124 cm³/mol. The molecule has 0 aliphatic heterocycles. The average molecular weight is 489 g/mol. The van der Waals surface area contributed by atoms with Gasteiger partial charge in [-0.05, 0) is 50.6 Å². The van der Waals surface area contributed by atoms with Gasteiger partial charge in [0.2, 0.25) is 5.88 Å². The quantitative estimate of drug-likeness (QED) is 0.372. The zero-order chi connectivity index (χ0) is 24.6. The van der Waals surface area contributed by atoms with E-state index in [0.717, 1.165) is 17.2 Å². The minimum atomic E-state index is -4.68. The number of amides is 1. The van der Waals surface area contributed by atoms with Gasteiger partial charge in [0.25, 0.3) is 5.91 Å². The number of rotatable bonds is 5. The van der Waals surface area contributed by atoms with Gasteiger partial charge in [0, 0.05) is 16.8 Å². The second kappa shape index (κ2) is 8.98. The highest BCUT2D eigenvalue weighted by Gasteiger charge is 2.36. The Kier molecular flexibility index (Phi) is 6.22. The molecule has 0 unspecified atom stereocenters. The molecule has 6 nitrogen and oxygen atoms in total. The van der Waals surface area contributed by atoms with Gasteiger partial charge in [-0.2, -0.15) is 23.3 Å². The highest BCUT2D eigenvalue weighted by Crippen LogP contribution is 2.38. The van der Waals surface area contributed by atoms with Crippen LogP contribution in [0.5, 0.6) is 5.88 Å². The molecule has 2 aromatic carbocycles. The van der Waals surface area contributed by atoms with Crippen molar-refractivity contribution in [2.45, 2.75) is 26.9 Å². The van der Waals surface area contributed by atoms with Crippen LogP contribution in [0, 0.1) is 20.8 Å². The molecule has 0 fully saturated rings. The van der Waals surface area contributed by atoms with Gasteiger partial charge in [-0.1, -0.05) is 35.4 Å². The third-order valence-electron chi connectivity index (χ3n) is 5.20. The summed E-state index contributed by atoms with van der Waals surface area (Å²) >= 11 is 5.96. The Balaban J connectivity index is 1.68. The van der Waals surface area contributed by atoms with Crippen LogP contribution < -0.4 is 10.1 Å². The number of aromatic nitrogens is 3. The normalized spacial score (nSPS) is 11.6. The number of aryl methyl sites for hydroxylation is 3. The van der Waals surface area contributed by atoms with Gasteiger partial charge in [0.05, 0.1) is 22.3 Å². The molecule has 0 aliphatic carbocycles. The van der Waals surface area contributed by atoms with Crippen molar-refractivity contribution < 1.29 is 22.7 Å². The Morgan fingerprint density at radius 1 is 1.09 bits per heavy atom. The number of hydrogen-bond donors (Lipinski definition) is 1. The van der Waals surface area contributed by atoms with E-state index in [-0.39, 0.29) is 22.6 Å². The SMILES string of the molecule is Cc1ccc(-n2nc(C)c3c(C(F)(F)F)cc(OCC(=O)Nc4cc(Cl)ccc4C)nc32)cc1. The lowest BCUT2D eigenvalue weighted by Gasteiger charge is -2.13. The molecule has 4 rings (SSSR count). The van der Waals surface area contributed by atoms with E-state index in [1.807, 2.05) is 19.1 Å². The minimum Gasteiger partial charge on any atom is -0.467 e. The van der Waals surface area contributed by atoms with Gasteiger partial charge in [0.15, 0.2) is 12.3 Å². The molecule has 4 aromatic rings. The van der Waals surface area contributed by atoms with Crippen LogP contribution in [0.2, 0.25) is 5.02 Å². The van der Waals surface area contributed by atoms with Crippen molar-refractivity contribution in [3.05, 3.63) is 75.9 Å². The third kappa shape index (κ3) is 4.84. The van der Waals surface area contributed by atoms with E-state index < -0.39 is 24.3 Å². The maximum atomic E-state index is 13.9. The van der Waals surface area contributed by atoms with Crippen LogP contribution in [-0.2, 0) is 11.0 Å². The molecule has 0 spiro atoms. The van der Waals surface area contributed by atoms with E-state index in [1.165, 1.54) is 11.6 Å². The Labute approximate surface area is 198 Å². The molecule has 10 heteroatoms. The smallest absolute Gasteiger partial charge is 0.417 e. The number of nitrogens with one attached hydrogen (secondary N) is 1. The lowest BCUT2D eigenvalue weighted by atomic mass is 10.1. The van der Waals surface area contributed by atoms with Crippen LogP contribution in [-0.4, -0.2) is 27.3 Å². The molecule has 34 heavy (non-hydrogen) atoms. The summed E-state index contributed by atoms with van der Waals surface area (Å²) < 4.78 is 48.4. The maximum Gasteiger partial charge on any atom is 0.417 e. The van der Waals surface area contributed by atoms with Gasteiger partial charge in [0.1, 0.15) is 0 Å². The standard InChI is InChI=1S/C24H20ClF3N4O2/c1-13-4-8-17(9-5-13)32-23-22(15(3)31-32)18(24(26,27)28)11-21(30-23)34-12-20(33)29-19-10-16(25)7-6-14(19)2/h4-11H,12H2,1-3H3,(H,29,33). The summed E-state index contributed by atoms with van der Waals surface area (Å²) in [6.07, 6.45) is -4.68. The van der Waals surface area contributed by atoms with Crippen molar-refractivity contribution >= 4 is 34.2 Å². The number of carbonyl (C=O) groups is 1. The van der Waals surface area contributed by atoms with E-state index in [0.29, 0.717) is 16.4 Å². The van der Waals surface area contributed by atoms with Crippen LogP contribution in [0.1, 0.15) is 22.4 Å². The number of fused-ring (bicyclic) bond motifs is 1. The number of benzene rings is 2. The zero-order valence-electron chi connectivity index (χ0n) is 18.5. The van der Waals surface area contributed by atoms with Crippen molar-refractivity contribution in [2.24, 2.45) is 0 Å². The number of pyridine rings is 1. The zero-order valence-corrected chi connectivity index (χ0v) is 19.3. The van der Waals surface area contributed by atoms with Gasteiger partial charge in [-0.25, -0.2) is 4.68 Å². The van der Waals surface area contributed by atoms with Crippen LogP contribution >= 0.6 is 11.6 Å². The van der Waals surface area contributed by atoms with Gasteiger partial charge >= 0.3 is 6.18 Å². The molecule has 0 saturated heterocycles. The van der Waals surface area contributed by atoms with Gasteiger partial charge in [-0.15, -0.1) is 0 Å². The topological polar surface area (TPSA) is 69.0 Å². The molecule has 0 radical (unpaired) electrons. The van der Waals surface area contributed by atoms with E-state index in [2.05, 4.69) is 15.4 Å². The Bertz CT molecular complexity index is 1380. The minimum absolute atomic E-state index is 0.0164. The predicted octanol–water partition coefficient (Wildman–Crippen LogP) is 6.04. The fourth-order valence-corrected chi connectivity index (χ4v) is 3.66. The molecule has 2 heterocycles. The summed E-state index contributed by atoms with van der Waals surface area (Å²) in [6, 6.07) is 12.9. The summed E-state index contributed by atoms with van der Waals surface area (Å²) in [6.45, 7) is 4.63. The van der Waals surface area contributed by atoms with Crippen molar-refractivity contribution in [1.29, 1.82) is 0 Å². The number of nitrogens with zero attached hydrogens (tertiary/aromatic N) is 3. The van der Waals surface area contributed by atoms with Gasteiger partial charge < -0.3 is 10.1 Å². The molecule has 0 saturated carbocycles. The molecule has 176 valence electrons. The highest BCUT2D eigenvalue weighted by molar-refractivity contribution is 6.31. The molecule has 0 aliphatic rings. The first-order valence-corrected chi connectivity index (χ1v) is 10.6. The first-order valence-electron chi connectivity index (χ1n) is 10.3. The van der Waals surface area contributed by atoms with Crippen molar-refractivity contribution in [3.8, 4) is 11.6 Å². The van der Waals surface area contributed by atoms with Crippen molar-refractivity contribution in [3.63, 3.8) is 0 Å². The Morgan fingerprint density at radius 3 is 2.47 bits per heavy atom. The molecule has 1 amide bonds. The van der Waals surface area contributed by atoms with Crippen LogP contribution in [0.15, 0.2) is 48.5 Å². The maximum absolute atomic E-state index is 13.9. The number of halogens is 4. The summed E-state index contributed by atoms with van der Waals surface area (Å²) in [4.78, 5) is 16.6. The number of carbonyl (C=O) groups excluding carboxylic acids is 1. The Morgan fingerprint density at radius 2 is 1.79 bits per heavy atom. The molecular weight excluding hydrogens is 469 g/mol. The summed E-state index contributed by atoms with van der Waals surface area (Å²) in [5, 5.41) is 7.22. The van der Waals surface area contributed by atoms with Crippen LogP contribution in [0.3, 0.4) is 0 Å². The monoisotopic (exact) mass is 488 g/mol. The average Bonchev–Trinajstić information content (AvgIpc) is 3.10. The van der Waals surface area contributed by atoms with E-state index in [4.69, 9.17) is 16.3 Å². The fraction of sp³-hybridized carbons (Fsp3) is 0.208. The number of hydrogen-bond acceptors (Lipinski definition) is 4. The Hall–Kier alpha value is -3.59. The molecule has 1 N–H and O–H groups in total. The molecular formula is C24H20ClF3N4O2. The van der Waals surface area contributed by atoms with Crippen molar-refractivity contribution in [2.75, 3.05) is 11.9 Å². The number of alkyl halides is 3. The lowest BCUT2D eigenvalue weighted by molar-refractivity contribution is -0.136. The summed E-state index contributed by atoms with van der Waals surface area (Å²) in [5.74, 6) is -0.907. The van der Waals surface area contributed by atoms with E-state index in [1.54, 1.807) is 37.3 Å². The second-order valence-electron chi connectivity index (χ2n) is 7.83. The van der Waals surface area contributed by atoms with Gasteiger partial charge in [-0.3, -0.25) is 4.79 Å². The molecule has 2 aromatic heterocycles. The van der Waals surface area contributed by atoms with Crippen molar-refractivity contribution in [1.82, 2.24) is 14.8 Å². The summed E-state index contributed by atoms with van der Waals surface area (Å²) in [7, 11) is 0. The summed E-state index contributed by atoms with van der Waals surface area (Å²) in [5.41, 5.74) is 2.02. The van der Waals surface area contributed by atoms with E-state index in [9.17, 15) is 18.0 Å². The molecule has 0 bridgehead atoms.